The molecule has 0 unspecified atom stereocenters. The number of unbranched alkanes of at least 4 members (excludes halogenated alkanes) is 25. The lowest BCUT2D eigenvalue weighted by Gasteiger charge is -2.02. The van der Waals surface area contributed by atoms with Crippen LogP contribution in [0.3, 0.4) is 0 Å². The molecule has 0 aromatic carbocycles. The Bertz CT molecular complexity index is 352. The smallest absolute Gasteiger partial charge is 0.0431 e. The largest absolute Gasteiger partial charge is 0.396 e. The molecule has 0 aliphatic heterocycles. The average Bonchev–Trinajstić information content (AvgIpc) is 2.89. The van der Waals surface area contributed by atoms with Crippen molar-refractivity contribution in [2.75, 3.05) is 13.2 Å². The summed E-state index contributed by atoms with van der Waals surface area (Å²) in [7, 11) is 0. The van der Waals surface area contributed by atoms with E-state index in [-0.39, 0.29) is 0 Å². The molecule has 36 heavy (non-hydrogen) atoms. The van der Waals surface area contributed by atoms with Crippen LogP contribution in [0.25, 0.3) is 0 Å². The molecular weight excluding hydrogens is 440 g/mol. The van der Waals surface area contributed by atoms with Crippen molar-refractivity contribution < 1.29 is 10.2 Å². The van der Waals surface area contributed by atoms with Crippen LogP contribution in [0, 0.1) is 0 Å². The van der Waals surface area contributed by atoms with E-state index in [1.54, 1.807) is 0 Å². The molecule has 0 aliphatic rings. The van der Waals surface area contributed by atoms with E-state index < -0.39 is 0 Å². The van der Waals surface area contributed by atoms with Crippen molar-refractivity contribution in [3.05, 3.63) is 12.2 Å². The van der Waals surface area contributed by atoms with E-state index in [1.165, 1.54) is 167 Å². The van der Waals surface area contributed by atoms with Crippen molar-refractivity contribution >= 4 is 0 Å². The van der Waals surface area contributed by atoms with Crippen LogP contribution >= 0.6 is 0 Å². The van der Waals surface area contributed by atoms with E-state index in [1.807, 2.05) is 0 Å². The molecule has 0 saturated carbocycles. The van der Waals surface area contributed by atoms with E-state index in [4.69, 9.17) is 10.2 Å². The zero-order valence-electron chi connectivity index (χ0n) is 25.3. The first-order chi connectivity index (χ1) is 17.8. The standard InChI is InChI=1S/C18H36O.C16H34O/c1-2-3-4-5-6-7-8-9-10-11-12-13-14-15-16-17-18-19;1-2-3-4-5-6-7-8-9-10-11-12-13-14-15-16-17/h9-10,19H,2-8,11-18H2,1H3;17H,2-16H2,1H3/b10-9-;. The molecule has 0 fully saturated rings. The van der Waals surface area contributed by atoms with E-state index in [9.17, 15) is 0 Å². The van der Waals surface area contributed by atoms with Gasteiger partial charge in [0.05, 0.1) is 0 Å². The highest BCUT2D eigenvalue weighted by molar-refractivity contribution is 4.81. The van der Waals surface area contributed by atoms with Gasteiger partial charge in [-0.15, -0.1) is 0 Å². The van der Waals surface area contributed by atoms with Gasteiger partial charge in [-0.25, -0.2) is 0 Å². The second-order valence-corrected chi connectivity index (χ2v) is 11.0. The first kappa shape index (κ1) is 37.8. The summed E-state index contributed by atoms with van der Waals surface area (Å²) in [5.74, 6) is 0. The maximum Gasteiger partial charge on any atom is 0.0431 e. The molecule has 0 radical (unpaired) electrons. The van der Waals surface area contributed by atoms with Gasteiger partial charge >= 0.3 is 0 Å². The molecule has 0 aromatic rings. The summed E-state index contributed by atoms with van der Waals surface area (Å²) in [5, 5.41) is 17.3. The zero-order valence-corrected chi connectivity index (χ0v) is 25.3. The molecule has 0 aromatic heterocycles. The number of aliphatic hydroxyl groups is 2. The molecule has 0 saturated heterocycles. The first-order valence-electron chi connectivity index (χ1n) is 16.7. The Labute approximate surface area is 229 Å². The third kappa shape index (κ3) is 40.8. The average molecular weight is 511 g/mol. The summed E-state index contributed by atoms with van der Waals surface area (Å²) < 4.78 is 0. The maximum atomic E-state index is 8.66. The Hall–Kier alpha value is -0.340. The molecule has 0 rings (SSSR count). The van der Waals surface area contributed by atoms with Crippen LogP contribution in [0.5, 0.6) is 0 Å². The van der Waals surface area contributed by atoms with Crippen molar-refractivity contribution in [3.63, 3.8) is 0 Å². The second-order valence-electron chi connectivity index (χ2n) is 11.0. The summed E-state index contributed by atoms with van der Waals surface area (Å²) in [4.78, 5) is 0. The predicted octanol–water partition coefficient (Wildman–Crippen LogP) is 11.5. The third-order valence-corrected chi connectivity index (χ3v) is 7.18. The van der Waals surface area contributed by atoms with E-state index in [0.29, 0.717) is 13.2 Å². The van der Waals surface area contributed by atoms with Crippen LogP contribution in [-0.4, -0.2) is 23.4 Å². The molecule has 0 bridgehead atoms. The summed E-state index contributed by atoms with van der Waals surface area (Å²) in [6, 6.07) is 0. The van der Waals surface area contributed by atoms with Crippen molar-refractivity contribution in [1.82, 2.24) is 0 Å². The maximum absolute atomic E-state index is 8.66. The lowest BCUT2D eigenvalue weighted by atomic mass is 10.0. The highest BCUT2D eigenvalue weighted by atomic mass is 16.3. The third-order valence-electron chi connectivity index (χ3n) is 7.18. The number of allylic oxidation sites excluding steroid dienone is 2. The predicted molar refractivity (Wildman–Crippen MR) is 164 cm³/mol. The Morgan fingerprint density at radius 3 is 0.778 bits per heavy atom. The molecule has 0 atom stereocenters. The van der Waals surface area contributed by atoms with Gasteiger partial charge < -0.3 is 10.2 Å². The lowest BCUT2D eigenvalue weighted by Crippen LogP contribution is -1.84. The van der Waals surface area contributed by atoms with Gasteiger partial charge in [-0.1, -0.05) is 167 Å². The van der Waals surface area contributed by atoms with Crippen molar-refractivity contribution in [3.8, 4) is 0 Å². The molecule has 2 heteroatoms. The molecule has 0 heterocycles. The van der Waals surface area contributed by atoms with Crippen LogP contribution in [-0.2, 0) is 0 Å². The summed E-state index contributed by atoms with van der Waals surface area (Å²) in [5.41, 5.74) is 0. The van der Waals surface area contributed by atoms with Crippen LogP contribution in [0.15, 0.2) is 12.2 Å². The summed E-state index contributed by atoms with van der Waals surface area (Å²) in [6.45, 7) is 5.29. The number of hydrogen-bond acceptors (Lipinski definition) is 2. The van der Waals surface area contributed by atoms with Crippen molar-refractivity contribution in [1.29, 1.82) is 0 Å². The summed E-state index contributed by atoms with van der Waals surface area (Å²) in [6.07, 6.45) is 42.4. The van der Waals surface area contributed by atoms with Gasteiger partial charge in [-0.2, -0.15) is 0 Å². The molecule has 218 valence electrons. The van der Waals surface area contributed by atoms with Crippen molar-refractivity contribution in [2.24, 2.45) is 0 Å². The molecule has 2 N–H and O–H groups in total. The van der Waals surface area contributed by atoms with Gasteiger partial charge in [0.15, 0.2) is 0 Å². The quantitative estimate of drug-likeness (QED) is 0.0775. The Balaban J connectivity index is 0. The van der Waals surface area contributed by atoms with Gasteiger partial charge in [0.1, 0.15) is 0 Å². The van der Waals surface area contributed by atoms with Gasteiger partial charge in [0, 0.05) is 13.2 Å². The number of hydrogen-bond donors (Lipinski definition) is 2. The SMILES string of the molecule is CCCCCCCC/C=C\CCCCCCCCO.CCCCCCCCCCCCCCCCO. The zero-order chi connectivity index (χ0) is 26.6. The van der Waals surface area contributed by atoms with Gasteiger partial charge in [0.2, 0.25) is 0 Å². The summed E-state index contributed by atoms with van der Waals surface area (Å²) >= 11 is 0. The second kappa shape index (κ2) is 39.2. The fraction of sp³-hybridized carbons (Fsp3) is 0.941. The lowest BCUT2D eigenvalue weighted by molar-refractivity contribution is 0.282. The molecule has 0 spiro atoms. The van der Waals surface area contributed by atoms with Crippen LogP contribution in [0.2, 0.25) is 0 Å². The van der Waals surface area contributed by atoms with Gasteiger partial charge in [-0.3, -0.25) is 0 Å². The number of rotatable bonds is 29. The van der Waals surface area contributed by atoms with Crippen LogP contribution in [0.1, 0.15) is 194 Å². The highest BCUT2D eigenvalue weighted by Crippen LogP contribution is 2.13. The van der Waals surface area contributed by atoms with E-state index >= 15 is 0 Å². The normalized spacial score (nSPS) is 11.2. The molecule has 2 nitrogen and oxygen atoms in total. The van der Waals surface area contributed by atoms with E-state index in [2.05, 4.69) is 26.0 Å². The topological polar surface area (TPSA) is 40.5 Å². The Morgan fingerprint density at radius 1 is 0.306 bits per heavy atom. The van der Waals surface area contributed by atoms with E-state index in [0.717, 1.165) is 12.8 Å². The van der Waals surface area contributed by atoms with Crippen LogP contribution < -0.4 is 0 Å². The fourth-order valence-corrected chi connectivity index (χ4v) is 4.67. The minimum Gasteiger partial charge on any atom is -0.396 e. The minimum absolute atomic E-state index is 0.362. The Kier molecular flexibility index (Phi) is 41.1. The monoisotopic (exact) mass is 511 g/mol. The van der Waals surface area contributed by atoms with Crippen LogP contribution in [0.4, 0.5) is 0 Å². The fourth-order valence-electron chi connectivity index (χ4n) is 4.67. The Morgan fingerprint density at radius 2 is 0.528 bits per heavy atom. The van der Waals surface area contributed by atoms with Gasteiger partial charge in [0.25, 0.3) is 0 Å². The van der Waals surface area contributed by atoms with Crippen molar-refractivity contribution in [2.45, 2.75) is 194 Å². The molecule has 0 amide bonds. The first-order valence-corrected chi connectivity index (χ1v) is 16.7. The van der Waals surface area contributed by atoms with Gasteiger partial charge in [-0.05, 0) is 38.5 Å². The number of aliphatic hydroxyl groups excluding tert-OH is 2. The highest BCUT2D eigenvalue weighted by Gasteiger charge is 1.94. The molecule has 0 aliphatic carbocycles. The molecular formula is C34H70O2. The minimum atomic E-state index is 0.362.